The number of piperidine rings is 1. The molecule has 2 aliphatic carbocycles. The molecule has 0 bridgehead atoms. The highest BCUT2D eigenvalue weighted by Gasteiger charge is 2.56. The average molecular weight is 571 g/mol. The topological polar surface area (TPSA) is 119 Å². The molecule has 2 aromatic heterocycles. The maximum Gasteiger partial charge on any atom is 0.245 e. The quantitative estimate of drug-likeness (QED) is 0.309. The smallest absolute Gasteiger partial charge is 0.245 e. The van der Waals surface area contributed by atoms with Gasteiger partial charge in [0.1, 0.15) is 28.4 Å². The molecule has 2 amide bonds. The molecule has 3 aromatic rings. The summed E-state index contributed by atoms with van der Waals surface area (Å²) in [5.74, 6) is 0.824. The van der Waals surface area contributed by atoms with Crippen LogP contribution in [0.4, 0.5) is 0 Å². The number of aromatic nitrogens is 4. The summed E-state index contributed by atoms with van der Waals surface area (Å²) in [5, 5.41) is 7.99. The van der Waals surface area contributed by atoms with Crippen LogP contribution >= 0.6 is 23.2 Å². The Bertz CT molecular complexity index is 1460. The standard InChI is InChI=1S/C27H28Cl2N6O4/c1-14(36)24-19-10-18(39-15(2)25-30-6-3-7-31-25)4-5-20(19)34(33-24)13-23(37)35-21-8-16(21)9-22(35)26(38)32-12-17-11-27(17,28)29/h3-7,10,15-17,21-22H,8-9,11-13H2,1-2H3,(H,32,38)/t15?,16-,17-,21-,22+/m1/s1. The van der Waals surface area contributed by atoms with E-state index in [0.29, 0.717) is 47.8 Å². The molecule has 1 saturated heterocycles. The molecule has 0 spiro atoms. The van der Waals surface area contributed by atoms with E-state index in [1.54, 1.807) is 41.6 Å². The monoisotopic (exact) mass is 570 g/mol. The molecule has 3 fully saturated rings. The van der Waals surface area contributed by atoms with E-state index >= 15 is 0 Å². The normalized spacial score (nSPS) is 25.2. The third kappa shape index (κ3) is 5.07. The van der Waals surface area contributed by atoms with Gasteiger partial charge in [0, 0.05) is 43.2 Å². The first kappa shape index (κ1) is 26.0. The molecule has 6 rings (SSSR count). The van der Waals surface area contributed by atoms with E-state index in [9.17, 15) is 14.4 Å². The van der Waals surface area contributed by atoms with Crippen molar-refractivity contribution in [3.05, 3.63) is 48.2 Å². The lowest BCUT2D eigenvalue weighted by molar-refractivity contribution is -0.140. The minimum absolute atomic E-state index is 0.0300. The lowest BCUT2D eigenvalue weighted by Gasteiger charge is -2.27. The number of ether oxygens (including phenoxy) is 1. The predicted octanol–water partition coefficient (Wildman–Crippen LogP) is 3.47. The van der Waals surface area contributed by atoms with Crippen LogP contribution in [0.25, 0.3) is 10.9 Å². The van der Waals surface area contributed by atoms with E-state index in [2.05, 4.69) is 20.4 Å². The molecule has 3 aliphatic rings. The van der Waals surface area contributed by atoms with Gasteiger partial charge in [-0.05, 0) is 56.4 Å². The largest absolute Gasteiger partial charge is 0.483 e. The number of carbonyl (C=O) groups excluding carboxylic acids is 3. The molecule has 12 heteroatoms. The Labute approximate surface area is 235 Å². The second-order valence-corrected chi connectivity index (χ2v) is 12.2. The molecular weight excluding hydrogens is 543 g/mol. The van der Waals surface area contributed by atoms with Crippen LogP contribution in [0, 0.1) is 11.8 Å². The fourth-order valence-electron chi connectivity index (χ4n) is 5.48. The summed E-state index contributed by atoms with van der Waals surface area (Å²) in [6.07, 6.45) is 5.07. The van der Waals surface area contributed by atoms with Crippen molar-refractivity contribution >= 4 is 51.7 Å². The fourth-order valence-corrected chi connectivity index (χ4v) is 6.01. The summed E-state index contributed by atoms with van der Waals surface area (Å²) in [7, 11) is 0. The van der Waals surface area contributed by atoms with Crippen molar-refractivity contribution in [2.45, 2.75) is 62.2 Å². The Hall–Kier alpha value is -3.24. The molecule has 1 aromatic carbocycles. The summed E-state index contributed by atoms with van der Waals surface area (Å²) in [4.78, 5) is 49.1. The second-order valence-electron chi connectivity index (χ2n) is 10.6. The van der Waals surface area contributed by atoms with Gasteiger partial charge in [0.15, 0.2) is 17.7 Å². The number of alkyl halides is 2. The molecule has 0 radical (unpaired) electrons. The number of halogens is 2. The van der Waals surface area contributed by atoms with Crippen LogP contribution in [-0.2, 0) is 16.1 Å². The minimum Gasteiger partial charge on any atom is -0.483 e. The van der Waals surface area contributed by atoms with Gasteiger partial charge in [-0.15, -0.1) is 23.2 Å². The number of hydrogen-bond donors (Lipinski definition) is 1. The number of nitrogens with one attached hydrogen (secondary N) is 1. The van der Waals surface area contributed by atoms with Crippen LogP contribution in [0.1, 0.15) is 55.5 Å². The van der Waals surface area contributed by atoms with Crippen LogP contribution in [0.2, 0.25) is 0 Å². The number of benzene rings is 1. The zero-order valence-corrected chi connectivity index (χ0v) is 23.0. The van der Waals surface area contributed by atoms with Crippen LogP contribution in [0.15, 0.2) is 36.7 Å². The summed E-state index contributed by atoms with van der Waals surface area (Å²) in [5.41, 5.74) is 0.883. The van der Waals surface area contributed by atoms with E-state index in [4.69, 9.17) is 27.9 Å². The van der Waals surface area contributed by atoms with Crippen molar-refractivity contribution in [2.24, 2.45) is 11.8 Å². The first-order chi connectivity index (χ1) is 18.6. The Morgan fingerprint density at radius 1 is 1.21 bits per heavy atom. The maximum atomic E-state index is 13.5. The van der Waals surface area contributed by atoms with Gasteiger partial charge in [-0.3, -0.25) is 19.1 Å². The molecule has 5 atom stereocenters. The lowest BCUT2D eigenvalue weighted by atomic mass is 10.1. The number of Topliss-reactive ketones (excluding diaryl/α,β-unsaturated/α-hetero) is 1. The number of likely N-dealkylation sites (tertiary alicyclic amines) is 1. The van der Waals surface area contributed by atoms with Gasteiger partial charge >= 0.3 is 0 Å². The molecule has 10 nitrogen and oxygen atoms in total. The van der Waals surface area contributed by atoms with Crippen molar-refractivity contribution in [1.29, 1.82) is 0 Å². The lowest BCUT2D eigenvalue weighted by Crippen LogP contribution is -2.49. The Balaban J connectivity index is 1.19. The molecule has 39 heavy (non-hydrogen) atoms. The second kappa shape index (κ2) is 9.75. The number of amides is 2. The highest BCUT2D eigenvalue weighted by atomic mass is 35.5. The van der Waals surface area contributed by atoms with Crippen molar-refractivity contribution in [3.63, 3.8) is 0 Å². The van der Waals surface area contributed by atoms with Crippen molar-refractivity contribution in [3.8, 4) is 5.75 Å². The molecule has 1 N–H and O–H groups in total. The van der Waals surface area contributed by atoms with E-state index < -0.39 is 16.5 Å². The summed E-state index contributed by atoms with van der Waals surface area (Å²) < 4.78 is 6.79. The first-order valence-electron chi connectivity index (χ1n) is 13.0. The summed E-state index contributed by atoms with van der Waals surface area (Å²) >= 11 is 12.2. The molecule has 1 aliphatic heterocycles. The third-order valence-electron chi connectivity index (χ3n) is 7.78. The van der Waals surface area contributed by atoms with E-state index in [-0.39, 0.29) is 41.8 Å². The number of fused-ring (bicyclic) bond motifs is 2. The Morgan fingerprint density at radius 2 is 1.95 bits per heavy atom. The van der Waals surface area contributed by atoms with Crippen LogP contribution in [-0.4, -0.2) is 65.2 Å². The van der Waals surface area contributed by atoms with Gasteiger partial charge in [0.05, 0.1) is 5.52 Å². The number of rotatable bonds is 9. The number of carbonyl (C=O) groups is 3. The highest BCUT2D eigenvalue weighted by molar-refractivity contribution is 6.50. The molecule has 3 heterocycles. The number of hydrogen-bond acceptors (Lipinski definition) is 7. The number of ketones is 1. The Kier molecular flexibility index (Phi) is 6.50. The van der Waals surface area contributed by atoms with Gasteiger partial charge in [-0.25, -0.2) is 9.97 Å². The maximum absolute atomic E-state index is 13.5. The first-order valence-corrected chi connectivity index (χ1v) is 13.8. The molecule has 204 valence electrons. The fraction of sp³-hybridized carbons (Fsp3) is 0.481. The van der Waals surface area contributed by atoms with Crippen molar-refractivity contribution < 1.29 is 19.1 Å². The van der Waals surface area contributed by atoms with Gasteiger partial charge in [0.25, 0.3) is 0 Å². The van der Waals surface area contributed by atoms with E-state index in [1.165, 1.54) is 11.6 Å². The van der Waals surface area contributed by atoms with Crippen LogP contribution in [0.5, 0.6) is 5.75 Å². The van der Waals surface area contributed by atoms with Crippen molar-refractivity contribution in [2.75, 3.05) is 6.54 Å². The number of nitrogens with zero attached hydrogens (tertiary/aromatic N) is 5. The highest BCUT2D eigenvalue weighted by Crippen LogP contribution is 2.53. The van der Waals surface area contributed by atoms with Gasteiger partial charge in [-0.2, -0.15) is 5.10 Å². The summed E-state index contributed by atoms with van der Waals surface area (Å²) in [6, 6.07) is 6.55. The zero-order chi connectivity index (χ0) is 27.5. The van der Waals surface area contributed by atoms with Gasteiger partial charge < -0.3 is 15.0 Å². The average Bonchev–Trinajstić information content (AvgIpc) is 3.70. The van der Waals surface area contributed by atoms with Crippen LogP contribution in [0.3, 0.4) is 0 Å². The van der Waals surface area contributed by atoms with Gasteiger partial charge in [-0.1, -0.05) is 0 Å². The molecular formula is C27H28Cl2N6O4. The van der Waals surface area contributed by atoms with E-state index in [1.807, 2.05) is 6.92 Å². The molecule has 1 unspecified atom stereocenters. The summed E-state index contributed by atoms with van der Waals surface area (Å²) in [6.45, 7) is 3.59. The predicted molar refractivity (Wildman–Crippen MR) is 144 cm³/mol. The Morgan fingerprint density at radius 3 is 2.64 bits per heavy atom. The minimum atomic E-state index is -0.769. The third-order valence-corrected chi connectivity index (χ3v) is 8.70. The van der Waals surface area contributed by atoms with Crippen LogP contribution < -0.4 is 10.1 Å². The van der Waals surface area contributed by atoms with E-state index in [0.717, 1.165) is 6.42 Å². The zero-order valence-electron chi connectivity index (χ0n) is 21.5. The molecule has 2 saturated carbocycles. The SMILES string of the molecule is CC(=O)c1nn(CC(=O)N2[C@@H]3C[C@@H]3C[C@H]2C(=O)NC[C@H]2CC2(Cl)Cl)c2ccc(OC(C)c3ncccn3)cc12. The van der Waals surface area contributed by atoms with Crippen molar-refractivity contribution in [1.82, 2.24) is 30.0 Å². The van der Waals surface area contributed by atoms with Gasteiger partial charge in [0.2, 0.25) is 11.8 Å².